The van der Waals surface area contributed by atoms with Crippen LogP contribution in [-0.4, -0.2) is 15.7 Å². The van der Waals surface area contributed by atoms with Gasteiger partial charge in [-0.3, -0.25) is 10.1 Å². The van der Waals surface area contributed by atoms with Gasteiger partial charge in [-0.2, -0.15) is 22.0 Å². The molecule has 0 unspecified atom stereocenters. The average molecular weight is 320 g/mol. The van der Waals surface area contributed by atoms with Gasteiger partial charge in [-0.15, -0.1) is 0 Å². The van der Waals surface area contributed by atoms with Crippen LogP contribution in [0, 0.1) is 17.0 Å². The lowest BCUT2D eigenvalue weighted by molar-refractivity contribution is -0.385. The van der Waals surface area contributed by atoms with Crippen molar-refractivity contribution in [1.29, 1.82) is 0 Å². The molecule has 0 amide bonds. The molecule has 1 aromatic heterocycles. The van der Waals surface area contributed by atoms with Crippen LogP contribution >= 0.6 is 0 Å². The zero-order valence-electron chi connectivity index (χ0n) is 11.1. The summed E-state index contributed by atoms with van der Waals surface area (Å²) in [6.07, 6.45) is -4.01. The van der Waals surface area contributed by atoms with Gasteiger partial charge in [0, 0.05) is 35.3 Å². The van der Waals surface area contributed by atoms with Gasteiger partial charge in [0.15, 0.2) is 0 Å². The molecule has 0 N–H and O–H groups in total. The van der Waals surface area contributed by atoms with Crippen molar-refractivity contribution in [3.8, 4) is 5.69 Å². The van der Waals surface area contributed by atoms with Crippen molar-refractivity contribution in [1.82, 2.24) is 4.57 Å². The topological polar surface area (TPSA) is 48.1 Å². The summed E-state index contributed by atoms with van der Waals surface area (Å²) in [6, 6.07) is 4.41. The normalized spacial score (nSPS) is 12.5. The van der Waals surface area contributed by atoms with Crippen LogP contribution in [0.2, 0.25) is 0 Å². The molecule has 118 valence electrons. The molecule has 1 heterocycles. The Bertz CT molecular complexity index is 721. The number of hydrogen-bond acceptors (Lipinski definition) is 2. The Kier molecular flexibility index (Phi) is 3.68. The minimum absolute atomic E-state index is 0.170. The second-order valence-corrected chi connectivity index (χ2v) is 4.61. The number of nitro benzene ring substituents is 1. The molecule has 0 saturated carbocycles. The number of halogens is 5. The highest BCUT2D eigenvalue weighted by Crippen LogP contribution is 2.44. The van der Waals surface area contributed by atoms with E-state index in [4.69, 9.17) is 0 Å². The van der Waals surface area contributed by atoms with E-state index >= 15 is 0 Å². The van der Waals surface area contributed by atoms with E-state index < -0.39 is 22.6 Å². The lowest BCUT2D eigenvalue weighted by Crippen LogP contribution is -2.33. The molecule has 2 aromatic rings. The van der Waals surface area contributed by atoms with Crippen LogP contribution in [0.15, 0.2) is 36.7 Å². The standard InChI is InChI=1S/C13H9F5N2O2/c1-8-6-10(2-3-11(8)20(21)22)19-5-4-9(7-19)12(14,15)13(16,17)18/h2-7H,1H3. The molecule has 1 aromatic carbocycles. The molecule has 2 rings (SSSR count). The van der Waals surface area contributed by atoms with E-state index in [1.165, 1.54) is 19.1 Å². The van der Waals surface area contributed by atoms with Gasteiger partial charge in [0.2, 0.25) is 0 Å². The average Bonchev–Trinajstić information content (AvgIpc) is 2.86. The van der Waals surface area contributed by atoms with E-state index in [1.54, 1.807) is 0 Å². The zero-order valence-corrected chi connectivity index (χ0v) is 11.1. The molecular formula is C13H9F5N2O2. The number of hydrogen-bond donors (Lipinski definition) is 0. The number of aromatic nitrogens is 1. The second kappa shape index (κ2) is 5.08. The van der Waals surface area contributed by atoms with E-state index in [9.17, 15) is 32.1 Å². The summed E-state index contributed by atoms with van der Waals surface area (Å²) in [4.78, 5) is 10.1. The molecule has 0 bridgehead atoms. The Hall–Kier alpha value is -2.45. The summed E-state index contributed by atoms with van der Waals surface area (Å²) in [6.45, 7) is 1.44. The molecule has 22 heavy (non-hydrogen) atoms. The first kappa shape index (κ1) is 15.9. The zero-order chi connectivity index (χ0) is 16.7. The van der Waals surface area contributed by atoms with E-state index in [0.717, 1.165) is 16.8 Å². The van der Waals surface area contributed by atoms with Crippen molar-refractivity contribution in [3.63, 3.8) is 0 Å². The third-order valence-electron chi connectivity index (χ3n) is 3.09. The summed E-state index contributed by atoms with van der Waals surface area (Å²) in [5.74, 6) is -4.96. The Labute approximate surface area is 120 Å². The van der Waals surface area contributed by atoms with Crippen LogP contribution < -0.4 is 0 Å². The molecule has 0 saturated heterocycles. The van der Waals surface area contributed by atoms with Gasteiger partial charge in [-0.25, -0.2) is 0 Å². The van der Waals surface area contributed by atoms with Gasteiger partial charge in [0.05, 0.1) is 4.92 Å². The van der Waals surface area contributed by atoms with Gasteiger partial charge < -0.3 is 4.57 Å². The van der Waals surface area contributed by atoms with Gasteiger partial charge in [-0.1, -0.05) is 0 Å². The third kappa shape index (κ3) is 2.66. The second-order valence-electron chi connectivity index (χ2n) is 4.61. The maximum absolute atomic E-state index is 13.2. The fraction of sp³-hybridized carbons (Fsp3) is 0.231. The Morgan fingerprint density at radius 3 is 2.27 bits per heavy atom. The highest BCUT2D eigenvalue weighted by molar-refractivity contribution is 5.48. The van der Waals surface area contributed by atoms with E-state index in [-0.39, 0.29) is 16.9 Å². The number of nitrogens with zero attached hydrogens (tertiary/aromatic N) is 2. The summed E-state index contributed by atoms with van der Waals surface area (Å²) >= 11 is 0. The maximum atomic E-state index is 13.2. The van der Waals surface area contributed by atoms with Crippen molar-refractivity contribution in [2.75, 3.05) is 0 Å². The van der Waals surface area contributed by atoms with Crippen LogP contribution in [0.4, 0.5) is 27.6 Å². The number of nitro groups is 1. The Balaban J connectivity index is 2.41. The smallest absolute Gasteiger partial charge is 0.323 e. The Morgan fingerprint density at radius 2 is 1.77 bits per heavy atom. The summed E-state index contributed by atoms with van der Waals surface area (Å²) in [7, 11) is 0. The van der Waals surface area contributed by atoms with Gasteiger partial charge in [0.25, 0.3) is 5.69 Å². The number of benzene rings is 1. The van der Waals surface area contributed by atoms with E-state index in [2.05, 4.69) is 0 Å². The van der Waals surface area contributed by atoms with E-state index in [0.29, 0.717) is 12.3 Å². The maximum Gasteiger partial charge on any atom is 0.458 e. The molecule has 0 aliphatic heterocycles. The van der Waals surface area contributed by atoms with Crippen LogP contribution in [0.5, 0.6) is 0 Å². The minimum atomic E-state index is -5.69. The third-order valence-corrected chi connectivity index (χ3v) is 3.09. The van der Waals surface area contributed by atoms with Gasteiger partial charge in [-0.05, 0) is 25.1 Å². The van der Waals surface area contributed by atoms with Crippen molar-refractivity contribution >= 4 is 5.69 Å². The van der Waals surface area contributed by atoms with Crippen LogP contribution in [0.25, 0.3) is 5.69 Å². The van der Waals surface area contributed by atoms with Crippen LogP contribution in [0.1, 0.15) is 11.1 Å². The quantitative estimate of drug-likeness (QED) is 0.479. The van der Waals surface area contributed by atoms with Crippen molar-refractivity contribution in [2.24, 2.45) is 0 Å². The Morgan fingerprint density at radius 1 is 1.14 bits per heavy atom. The lowest BCUT2D eigenvalue weighted by Gasteiger charge is -2.18. The fourth-order valence-corrected chi connectivity index (χ4v) is 1.91. The molecule has 9 heteroatoms. The number of alkyl halides is 5. The summed E-state index contributed by atoms with van der Waals surface area (Å²) < 4.78 is 64.4. The van der Waals surface area contributed by atoms with Gasteiger partial charge in [0.1, 0.15) is 0 Å². The van der Waals surface area contributed by atoms with Crippen LogP contribution in [0.3, 0.4) is 0 Å². The van der Waals surface area contributed by atoms with Crippen molar-refractivity contribution in [3.05, 3.63) is 57.9 Å². The van der Waals surface area contributed by atoms with Crippen molar-refractivity contribution in [2.45, 2.75) is 19.0 Å². The molecule has 0 atom stereocenters. The summed E-state index contributed by atoms with van der Waals surface area (Å²) in [5, 5.41) is 10.7. The first-order valence-corrected chi connectivity index (χ1v) is 5.92. The predicted molar refractivity (Wildman–Crippen MR) is 67.1 cm³/mol. The fourth-order valence-electron chi connectivity index (χ4n) is 1.91. The predicted octanol–water partition coefficient (Wildman–Crippen LogP) is 4.35. The molecule has 4 nitrogen and oxygen atoms in total. The number of rotatable bonds is 3. The number of aryl methyl sites for hydroxylation is 1. The first-order chi connectivity index (χ1) is 10.0. The van der Waals surface area contributed by atoms with Crippen LogP contribution in [-0.2, 0) is 5.92 Å². The molecule has 0 radical (unpaired) electrons. The highest BCUT2D eigenvalue weighted by atomic mass is 19.4. The monoisotopic (exact) mass is 320 g/mol. The SMILES string of the molecule is Cc1cc(-n2ccc(C(F)(F)C(F)(F)F)c2)ccc1[N+](=O)[O-]. The highest BCUT2D eigenvalue weighted by Gasteiger charge is 2.59. The summed E-state index contributed by atoms with van der Waals surface area (Å²) in [5.41, 5.74) is -0.861. The molecule has 0 spiro atoms. The van der Waals surface area contributed by atoms with Gasteiger partial charge >= 0.3 is 12.1 Å². The molecule has 0 aliphatic rings. The van der Waals surface area contributed by atoms with E-state index in [1.807, 2.05) is 0 Å². The first-order valence-electron chi connectivity index (χ1n) is 5.92. The van der Waals surface area contributed by atoms with Crippen molar-refractivity contribution < 1.29 is 26.9 Å². The lowest BCUT2D eigenvalue weighted by atomic mass is 10.1. The molecule has 0 fully saturated rings. The molecular weight excluding hydrogens is 311 g/mol. The molecule has 0 aliphatic carbocycles. The minimum Gasteiger partial charge on any atom is -0.323 e. The largest absolute Gasteiger partial charge is 0.458 e.